The minimum absolute atomic E-state index is 0.0830. The van der Waals surface area contributed by atoms with Crippen LogP contribution in [-0.4, -0.2) is 18.3 Å². The normalized spacial score (nSPS) is 24.7. The van der Waals surface area contributed by atoms with Crippen LogP contribution in [0.25, 0.3) is 10.8 Å². The third-order valence-electron chi connectivity index (χ3n) is 4.66. The molecule has 0 spiro atoms. The predicted molar refractivity (Wildman–Crippen MR) is 83.7 cm³/mol. The van der Waals surface area contributed by atoms with Gasteiger partial charge in [-0.25, -0.2) is 0 Å². The molecule has 2 N–H and O–H groups in total. The van der Waals surface area contributed by atoms with Crippen molar-refractivity contribution in [3.05, 3.63) is 48.0 Å². The van der Waals surface area contributed by atoms with E-state index in [1.807, 2.05) is 7.05 Å². The number of rotatable bonds is 3. The number of benzene rings is 2. The molecule has 0 heterocycles. The summed E-state index contributed by atoms with van der Waals surface area (Å²) in [7, 11) is 2.05. The molecule has 0 bridgehead atoms. The summed E-state index contributed by atoms with van der Waals surface area (Å²) >= 11 is 0. The molecule has 0 saturated heterocycles. The maximum atomic E-state index is 9.67. The van der Waals surface area contributed by atoms with E-state index < -0.39 is 0 Å². The average molecular weight is 269 g/mol. The Morgan fingerprint density at radius 1 is 1.00 bits per heavy atom. The Morgan fingerprint density at radius 2 is 1.70 bits per heavy atom. The zero-order valence-corrected chi connectivity index (χ0v) is 12.0. The van der Waals surface area contributed by atoms with Gasteiger partial charge in [-0.1, -0.05) is 36.4 Å². The summed E-state index contributed by atoms with van der Waals surface area (Å²) in [5, 5.41) is 15.8. The van der Waals surface area contributed by atoms with Gasteiger partial charge in [0, 0.05) is 6.04 Å². The summed E-state index contributed by atoms with van der Waals surface area (Å²) < 4.78 is 0. The summed E-state index contributed by atoms with van der Waals surface area (Å²) in [6, 6.07) is 15.7. The first kappa shape index (κ1) is 13.6. The van der Waals surface area contributed by atoms with Gasteiger partial charge >= 0.3 is 0 Å². The van der Waals surface area contributed by atoms with Crippen LogP contribution in [0.5, 0.6) is 0 Å². The highest BCUT2D eigenvalue weighted by Gasteiger charge is 2.26. The molecular weight excluding hydrogens is 246 g/mol. The maximum Gasteiger partial charge on any atom is 0.0540 e. The van der Waals surface area contributed by atoms with Crippen molar-refractivity contribution in [1.82, 2.24) is 5.32 Å². The first-order valence-electron chi connectivity index (χ1n) is 7.62. The summed E-state index contributed by atoms with van der Waals surface area (Å²) in [5.74, 6) is 0.629. The zero-order valence-electron chi connectivity index (χ0n) is 12.0. The van der Waals surface area contributed by atoms with Crippen LogP contribution in [0.3, 0.4) is 0 Å². The maximum absolute atomic E-state index is 9.67. The van der Waals surface area contributed by atoms with Crippen LogP contribution in [0, 0.1) is 5.92 Å². The molecule has 3 rings (SSSR count). The molecule has 1 fully saturated rings. The summed E-state index contributed by atoms with van der Waals surface area (Å²) in [5.41, 5.74) is 1.37. The molecular formula is C18H23NO. The fourth-order valence-corrected chi connectivity index (χ4v) is 3.51. The van der Waals surface area contributed by atoms with Gasteiger partial charge in [0.1, 0.15) is 0 Å². The van der Waals surface area contributed by atoms with E-state index in [0.717, 1.165) is 25.7 Å². The second kappa shape index (κ2) is 5.94. The van der Waals surface area contributed by atoms with E-state index in [1.165, 1.54) is 16.3 Å². The molecule has 20 heavy (non-hydrogen) atoms. The van der Waals surface area contributed by atoms with Crippen molar-refractivity contribution in [2.75, 3.05) is 7.05 Å². The van der Waals surface area contributed by atoms with Crippen molar-refractivity contribution in [3.8, 4) is 0 Å². The summed E-state index contributed by atoms with van der Waals surface area (Å²) in [6.07, 6.45) is 4.02. The van der Waals surface area contributed by atoms with Gasteiger partial charge in [-0.2, -0.15) is 0 Å². The van der Waals surface area contributed by atoms with Crippen LogP contribution >= 0.6 is 0 Å². The van der Waals surface area contributed by atoms with Gasteiger partial charge < -0.3 is 10.4 Å². The van der Waals surface area contributed by atoms with Crippen molar-refractivity contribution in [1.29, 1.82) is 0 Å². The molecule has 1 saturated carbocycles. The predicted octanol–water partition coefficient (Wildman–Crippen LogP) is 3.65. The minimum Gasteiger partial charge on any atom is -0.393 e. The van der Waals surface area contributed by atoms with E-state index in [9.17, 15) is 5.11 Å². The van der Waals surface area contributed by atoms with Gasteiger partial charge in [-0.15, -0.1) is 0 Å². The Bertz CT molecular complexity index is 572. The third kappa shape index (κ3) is 2.72. The molecule has 2 heteroatoms. The standard InChI is InChI=1S/C18H23NO/c1-19-18(14-8-10-17(20)11-9-14)16-7-6-13-4-2-3-5-15(13)12-16/h2-7,12,14,17-20H,8-11H2,1H3. The second-order valence-corrected chi connectivity index (χ2v) is 5.94. The average Bonchev–Trinajstić information content (AvgIpc) is 2.50. The highest BCUT2D eigenvalue weighted by atomic mass is 16.3. The lowest BCUT2D eigenvalue weighted by Crippen LogP contribution is -2.30. The smallest absolute Gasteiger partial charge is 0.0540 e. The molecule has 2 aromatic rings. The number of nitrogens with one attached hydrogen (secondary N) is 1. The Morgan fingerprint density at radius 3 is 2.40 bits per heavy atom. The third-order valence-corrected chi connectivity index (χ3v) is 4.66. The van der Waals surface area contributed by atoms with Crippen molar-refractivity contribution in [3.63, 3.8) is 0 Å². The van der Waals surface area contributed by atoms with Crippen LogP contribution in [0.4, 0.5) is 0 Å². The first-order valence-corrected chi connectivity index (χ1v) is 7.62. The monoisotopic (exact) mass is 269 g/mol. The first-order chi connectivity index (χ1) is 9.78. The lowest BCUT2D eigenvalue weighted by Gasteiger charge is -2.32. The fraction of sp³-hybridized carbons (Fsp3) is 0.444. The number of aliphatic hydroxyl groups excluding tert-OH is 1. The van der Waals surface area contributed by atoms with E-state index in [4.69, 9.17) is 0 Å². The van der Waals surface area contributed by atoms with Crippen LogP contribution < -0.4 is 5.32 Å². The van der Waals surface area contributed by atoms with Gasteiger partial charge in [0.25, 0.3) is 0 Å². The SMILES string of the molecule is CNC(c1ccc2ccccc2c1)C1CCC(O)CC1. The van der Waals surface area contributed by atoms with Crippen LogP contribution in [0.15, 0.2) is 42.5 Å². The van der Waals surface area contributed by atoms with Crippen molar-refractivity contribution >= 4 is 10.8 Å². The Balaban J connectivity index is 1.87. The van der Waals surface area contributed by atoms with E-state index in [2.05, 4.69) is 47.8 Å². The number of hydrogen-bond acceptors (Lipinski definition) is 2. The van der Waals surface area contributed by atoms with Gasteiger partial charge in [0.05, 0.1) is 6.10 Å². The number of fused-ring (bicyclic) bond motifs is 1. The second-order valence-electron chi connectivity index (χ2n) is 5.94. The van der Waals surface area contributed by atoms with Gasteiger partial charge in [0.15, 0.2) is 0 Å². The van der Waals surface area contributed by atoms with Gasteiger partial charge in [-0.3, -0.25) is 0 Å². The zero-order chi connectivity index (χ0) is 13.9. The molecule has 0 radical (unpaired) electrons. The number of aliphatic hydroxyl groups is 1. The molecule has 0 aliphatic heterocycles. The molecule has 1 aliphatic carbocycles. The highest BCUT2D eigenvalue weighted by molar-refractivity contribution is 5.83. The van der Waals surface area contributed by atoms with Gasteiger partial charge in [-0.05, 0) is 61.1 Å². The van der Waals surface area contributed by atoms with E-state index in [0.29, 0.717) is 12.0 Å². The fourth-order valence-electron chi connectivity index (χ4n) is 3.51. The molecule has 1 unspecified atom stereocenters. The Hall–Kier alpha value is -1.38. The summed E-state index contributed by atoms with van der Waals surface area (Å²) in [4.78, 5) is 0. The van der Waals surface area contributed by atoms with Crippen molar-refractivity contribution in [2.45, 2.75) is 37.8 Å². The van der Waals surface area contributed by atoms with Crippen LogP contribution in [0.2, 0.25) is 0 Å². The van der Waals surface area contributed by atoms with Crippen molar-refractivity contribution in [2.24, 2.45) is 5.92 Å². The lowest BCUT2D eigenvalue weighted by molar-refractivity contribution is 0.0981. The molecule has 2 aromatic carbocycles. The van der Waals surface area contributed by atoms with E-state index in [1.54, 1.807) is 0 Å². The topological polar surface area (TPSA) is 32.3 Å². The van der Waals surface area contributed by atoms with Gasteiger partial charge in [0.2, 0.25) is 0 Å². The highest BCUT2D eigenvalue weighted by Crippen LogP contribution is 2.35. The number of hydrogen-bond donors (Lipinski definition) is 2. The van der Waals surface area contributed by atoms with Crippen LogP contribution in [0.1, 0.15) is 37.3 Å². The quantitative estimate of drug-likeness (QED) is 0.891. The Kier molecular flexibility index (Phi) is 4.04. The lowest BCUT2D eigenvalue weighted by atomic mass is 9.80. The van der Waals surface area contributed by atoms with Crippen molar-refractivity contribution < 1.29 is 5.11 Å². The molecule has 0 aromatic heterocycles. The van der Waals surface area contributed by atoms with Crippen LogP contribution in [-0.2, 0) is 0 Å². The van der Waals surface area contributed by atoms with E-state index >= 15 is 0 Å². The largest absolute Gasteiger partial charge is 0.393 e. The minimum atomic E-state index is -0.0830. The summed E-state index contributed by atoms with van der Waals surface area (Å²) in [6.45, 7) is 0. The Labute approximate surface area is 120 Å². The molecule has 2 nitrogen and oxygen atoms in total. The molecule has 1 atom stereocenters. The molecule has 0 amide bonds. The molecule has 1 aliphatic rings. The molecule has 106 valence electrons. The van der Waals surface area contributed by atoms with E-state index in [-0.39, 0.29) is 6.10 Å².